The highest BCUT2D eigenvalue weighted by Gasteiger charge is 2.29. The minimum Gasteiger partial charge on any atom is -0.497 e. The fourth-order valence-corrected chi connectivity index (χ4v) is 3.65. The third-order valence-electron chi connectivity index (χ3n) is 4.82. The van der Waals surface area contributed by atoms with E-state index in [1.807, 2.05) is 6.07 Å². The van der Waals surface area contributed by atoms with Gasteiger partial charge < -0.3 is 9.64 Å². The Morgan fingerprint density at radius 1 is 1.26 bits per heavy atom. The molecular weight excluding hydrogens is 288 g/mol. The second-order valence-electron chi connectivity index (χ2n) is 6.90. The molecule has 0 aromatic heterocycles. The molecule has 0 radical (unpaired) electrons. The summed E-state index contributed by atoms with van der Waals surface area (Å²) in [5.41, 5.74) is 0.360. The molecule has 0 saturated carbocycles. The highest BCUT2D eigenvalue weighted by molar-refractivity contribution is 5.87. The number of aryl methyl sites for hydroxylation is 1. The van der Waals surface area contributed by atoms with E-state index in [1.165, 1.54) is 16.3 Å². The number of hydrogen-bond donors (Lipinski definition) is 0. The molecule has 1 aliphatic rings. The van der Waals surface area contributed by atoms with Crippen LogP contribution in [0.3, 0.4) is 0 Å². The van der Waals surface area contributed by atoms with E-state index in [1.54, 1.807) is 14.0 Å². The molecule has 0 spiro atoms. The molecule has 1 aliphatic heterocycles. The van der Waals surface area contributed by atoms with Gasteiger partial charge >= 0.3 is 0 Å². The first-order chi connectivity index (χ1) is 11.1. The van der Waals surface area contributed by atoms with Gasteiger partial charge in [-0.05, 0) is 74.2 Å². The van der Waals surface area contributed by atoms with E-state index in [2.05, 4.69) is 35.2 Å². The molecule has 0 bridgehead atoms. The Hall–Kier alpha value is -1.61. The van der Waals surface area contributed by atoms with Crippen LogP contribution in [-0.4, -0.2) is 37.3 Å². The van der Waals surface area contributed by atoms with Crippen LogP contribution in [0.4, 0.5) is 4.39 Å². The third kappa shape index (κ3) is 4.03. The van der Waals surface area contributed by atoms with Crippen LogP contribution in [0.2, 0.25) is 0 Å². The predicted molar refractivity (Wildman–Crippen MR) is 94.0 cm³/mol. The van der Waals surface area contributed by atoms with Crippen molar-refractivity contribution in [1.29, 1.82) is 0 Å². The van der Waals surface area contributed by atoms with Gasteiger partial charge in [0.15, 0.2) is 0 Å². The molecule has 2 nitrogen and oxygen atoms in total. The summed E-state index contributed by atoms with van der Waals surface area (Å²) in [5.74, 6) is 0.894. The van der Waals surface area contributed by atoms with Gasteiger partial charge in [-0.15, -0.1) is 0 Å². The van der Waals surface area contributed by atoms with Gasteiger partial charge in [0, 0.05) is 6.54 Å². The number of piperidine rings is 1. The quantitative estimate of drug-likeness (QED) is 0.799. The highest BCUT2D eigenvalue weighted by Crippen LogP contribution is 2.26. The lowest BCUT2D eigenvalue weighted by Gasteiger charge is -2.35. The summed E-state index contributed by atoms with van der Waals surface area (Å²) in [6.07, 6.45) is 3.78. The van der Waals surface area contributed by atoms with Crippen molar-refractivity contribution >= 4 is 10.8 Å². The van der Waals surface area contributed by atoms with Gasteiger partial charge in [-0.1, -0.05) is 24.3 Å². The SMILES string of the molecule is COc1ccc2c(CCCN3CCCC(C)([18F])C3)cccc2c1. The number of likely N-dealkylation sites (tertiary alicyclic amines) is 1. The summed E-state index contributed by atoms with van der Waals surface area (Å²) >= 11 is 0. The monoisotopic (exact) mass is 314 g/mol. The number of fused-ring (bicyclic) bond motifs is 1. The van der Waals surface area contributed by atoms with Crippen LogP contribution in [0.5, 0.6) is 5.75 Å². The first kappa shape index (κ1) is 16.3. The number of ether oxygens (including phenoxy) is 1. The molecule has 2 aromatic carbocycles. The molecule has 0 aliphatic carbocycles. The van der Waals surface area contributed by atoms with Gasteiger partial charge in [-0.25, -0.2) is 4.39 Å². The molecule has 124 valence electrons. The Bertz CT molecular complexity index is 668. The van der Waals surface area contributed by atoms with Gasteiger partial charge in [0.1, 0.15) is 11.4 Å². The minimum absolute atomic E-state index is 0.583. The van der Waals surface area contributed by atoms with Crippen molar-refractivity contribution in [1.82, 2.24) is 4.90 Å². The van der Waals surface area contributed by atoms with E-state index >= 15 is 0 Å². The Labute approximate surface area is 138 Å². The van der Waals surface area contributed by atoms with Crippen molar-refractivity contribution in [2.45, 2.75) is 38.3 Å². The lowest BCUT2D eigenvalue weighted by Crippen LogP contribution is -2.43. The molecule has 0 amide bonds. The number of methoxy groups -OCH3 is 1. The zero-order chi connectivity index (χ0) is 16.3. The molecular formula is C20H26FNO. The average molecular weight is 314 g/mol. The smallest absolute Gasteiger partial charge is 0.120 e. The first-order valence-corrected chi connectivity index (χ1v) is 8.54. The van der Waals surface area contributed by atoms with E-state index in [0.717, 1.165) is 38.1 Å². The second kappa shape index (κ2) is 6.88. The van der Waals surface area contributed by atoms with E-state index < -0.39 is 5.67 Å². The topological polar surface area (TPSA) is 12.5 Å². The maximum atomic E-state index is 14.1. The molecule has 1 unspecified atom stereocenters. The summed E-state index contributed by atoms with van der Waals surface area (Å²) in [4.78, 5) is 2.28. The van der Waals surface area contributed by atoms with Crippen molar-refractivity contribution in [2.24, 2.45) is 0 Å². The first-order valence-electron chi connectivity index (χ1n) is 8.54. The largest absolute Gasteiger partial charge is 0.497 e. The Morgan fingerprint density at radius 2 is 2.13 bits per heavy atom. The van der Waals surface area contributed by atoms with Crippen molar-refractivity contribution in [3.63, 3.8) is 0 Å². The van der Waals surface area contributed by atoms with E-state index in [4.69, 9.17) is 4.74 Å². The third-order valence-corrected chi connectivity index (χ3v) is 4.82. The van der Waals surface area contributed by atoms with Gasteiger partial charge in [-0.3, -0.25) is 0 Å². The number of halogens is 1. The average Bonchev–Trinajstić information content (AvgIpc) is 2.53. The molecule has 2 aromatic rings. The summed E-state index contributed by atoms with van der Waals surface area (Å²) in [6.45, 7) is 4.33. The summed E-state index contributed by atoms with van der Waals surface area (Å²) < 4.78 is 19.4. The van der Waals surface area contributed by atoms with Gasteiger partial charge in [0.05, 0.1) is 7.11 Å². The van der Waals surface area contributed by atoms with Crippen molar-refractivity contribution in [3.8, 4) is 5.75 Å². The molecule has 1 fully saturated rings. The van der Waals surface area contributed by atoms with Crippen molar-refractivity contribution < 1.29 is 9.13 Å². The molecule has 1 atom stereocenters. The van der Waals surface area contributed by atoms with Crippen LogP contribution in [-0.2, 0) is 6.42 Å². The Morgan fingerprint density at radius 3 is 2.91 bits per heavy atom. The minimum atomic E-state index is -1.01. The van der Waals surface area contributed by atoms with Crippen LogP contribution in [0.15, 0.2) is 36.4 Å². The molecule has 1 heterocycles. The van der Waals surface area contributed by atoms with E-state index in [0.29, 0.717) is 13.0 Å². The maximum Gasteiger partial charge on any atom is 0.120 e. The molecule has 1 saturated heterocycles. The molecule has 0 N–H and O–H groups in total. The van der Waals surface area contributed by atoms with Gasteiger partial charge in [0.25, 0.3) is 0 Å². The molecule has 23 heavy (non-hydrogen) atoms. The summed E-state index contributed by atoms with van der Waals surface area (Å²) in [7, 11) is 1.70. The lowest BCUT2D eigenvalue weighted by molar-refractivity contribution is 0.0601. The van der Waals surface area contributed by atoms with Crippen LogP contribution in [0.25, 0.3) is 10.8 Å². The number of alkyl halides is 1. The van der Waals surface area contributed by atoms with Gasteiger partial charge in [-0.2, -0.15) is 0 Å². The number of benzene rings is 2. The molecule has 3 rings (SSSR count). The predicted octanol–water partition coefficient (Wildman–Crippen LogP) is 4.61. The zero-order valence-electron chi connectivity index (χ0n) is 14.1. The van der Waals surface area contributed by atoms with Gasteiger partial charge in [0.2, 0.25) is 0 Å². The number of rotatable bonds is 5. The van der Waals surface area contributed by atoms with Crippen molar-refractivity contribution in [2.75, 3.05) is 26.7 Å². The van der Waals surface area contributed by atoms with Crippen LogP contribution in [0, 0.1) is 0 Å². The number of hydrogen-bond acceptors (Lipinski definition) is 2. The normalized spacial score (nSPS) is 22.4. The van der Waals surface area contributed by atoms with Crippen LogP contribution < -0.4 is 4.74 Å². The lowest BCUT2D eigenvalue weighted by atomic mass is 9.96. The van der Waals surface area contributed by atoms with E-state index in [-0.39, 0.29) is 0 Å². The highest BCUT2D eigenvalue weighted by atomic mass is 18.2. The zero-order valence-corrected chi connectivity index (χ0v) is 14.1. The second-order valence-corrected chi connectivity index (χ2v) is 6.90. The standard InChI is InChI=1S/C20H26FNO/c1-20(21)11-5-13-22(15-20)12-4-8-16-6-3-7-17-14-18(23-2)9-10-19(16)17/h3,6-7,9-10,14H,4-5,8,11-13,15H2,1-2H3/i21-1. The fourth-order valence-electron chi connectivity index (χ4n) is 3.65. The van der Waals surface area contributed by atoms with E-state index in [9.17, 15) is 4.39 Å². The maximum absolute atomic E-state index is 14.1. The summed E-state index contributed by atoms with van der Waals surface area (Å²) in [5, 5.41) is 2.51. The molecule has 3 heteroatoms. The van der Waals surface area contributed by atoms with Crippen LogP contribution in [0.1, 0.15) is 31.7 Å². The van der Waals surface area contributed by atoms with Crippen LogP contribution >= 0.6 is 0 Å². The van der Waals surface area contributed by atoms with Crippen molar-refractivity contribution in [3.05, 3.63) is 42.0 Å². The Kier molecular flexibility index (Phi) is 4.86. The Balaban J connectivity index is 1.63. The number of nitrogens with zero attached hydrogens (tertiary/aromatic N) is 1. The fraction of sp³-hybridized carbons (Fsp3) is 0.500. The summed E-state index contributed by atoms with van der Waals surface area (Å²) in [6, 6.07) is 12.7.